The van der Waals surface area contributed by atoms with Crippen LogP contribution in [0.1, 0.15) is 227 Å². The number of nitrogens with zero attached hydrogens (tertiary/aromatic N) is 6. The molecule has 0 aromatic heterocycles. The van der Waals surface area contributed by atoms with Gasteiger partial charge in [0.2, 0.25) is 0 Å². The zero-order chi connectivity index (χ0) is 64.5. The molecule has 0 saturated carbocycles. The van der Waals surface area contributed by atoms with Crippen molar-refractivity contribution in [2.24, 2.45) is 11.8 Å². The van der Waals surface area contributed by atoms with Gasteiger partial charge in [-0.25, -0.2) is 4.39 Å². The number of thioether (sulfide) groups is 1. The fourth-order valence-corrected chi connectivity index (χ4v) is 6.22. The third kappa shape index (κ3) is 51.4. The van der Waals surface area contributed by atoms with Crippen LogP contribution in [0.5, 0.6) is 0 Å². The minimum Gasteiger partial charge on any atom is -0.480 e. The fraction of sp³-hybridized carbons (Fsp3) is 0.765. The Morgan fingerprint density at radius 1 is 0.513 bits per heavy atom. The van der Waals surface area contributed by atoms with Gasteiger partial charge in [0.15, 0.2) is 5.88 Å². The van der Waals surface area contributed by atoms with Gasteiger partial charge in [0.05, 0.1) is 16.5 Å². The SMILES string of the molecule is C=C(C)/C(C)=C(\C)C(C)C.C=C(CC)N(C)C(C)C.C=C(N(C)C(C)C)C(C)(C)Cl.C=C(N(C)C(C)C)C(C)(C)F.C=C(OCC)N(C)C(C)C.C=C(SCC)N(C)C(C)C.CC/C(C)=C(\C)C(C)C.CCCN(C)C(C)C. The molecule has 10 heteroatoms. The number of ether oxygens (including phenoxy) is 1. The van der Waals surface area contributed by atoms with Gasteiger partial charge >= 0.3 is 0 Å². The minimum atomic E-state index is -1.31. The molecule has 0 rings (SSSR count). The number of rotatable bonds is 24. The van der Waals surface area contributed by atoms with Crippen LogP contribution in [0.2, 0.25) is 0 Å². The Kier molecular flexibility index (Phi) is 58.8. The first-order valence-electron chi connectivity index (χ1n) is 29.5. The van der Waals surface area contributed by atoms with E-state index in [0.29, 0.717) is 54.5 Å². The van der Waals surface area contributed by atoms with Gasteiger partial charge in [-0.05, 0) is 215 Å². The van der Waals surface area contributed by atoms with Crippen molar-refractivity contribution in [3.63, 3.8) is 0 Å². The minimum absolute atomic E-state index is 0.303. The van der Waals surface area contributed by atoms with Crippen molar-refractivity contribution < 1.29 is 9.13 Å². The van der Waals surface area contributed by atoms with E-state index in [0.717, 1.165) is 34.7 Å². The Labute approximate surface area is 501 Å². The van der Waals surface area contributed by atoms with Gasteiger partial charge < -0.3 is 34.1 Å². The molecule has 7 nitrogen and oxygen atoms in total. The van der Waals surface area contributed by atoms with Crippen molar-refractivity contribution in [3.8, 4) is 0 Å². The number of alkyl halides is 2. The maximum absolute atomic E-state index is 13.3. The summed E-state index contributed by atoms with van der Waals surface area (Å²) in [7, 11) is 12.2. The molecule has 0 spiro atoms. The van der Waals surface area contributed by atoms with Crippen molar-refractivity contribution >= 4 is 23.4 Å². The molecule has 78 heavy (non-hydrogen) atoms. The first-order valence-corrected chi connectivity index (χ1v) is 30.8. The van der Waals surface area contributed by atoms with E-state index in [1.807, 2.05) is 65.6 Å². The second-order valence-electron chi connectivity index (χ2n) is 23.7. The topological polar surface area (TPSA) is 28.7 Å². The second-order valence-corrected chi connectivity index (χ2v) is 26.0. The van der Waals surface area contributed by atoms with Crippen molar-refractivity contribution in [2.45, 2.75) is 274 Å². The summed E-state index contributed by atoms with van der Waals surface area (Å²) in [5.41, 5.74) is 8.50. The zero-order valence-corrected chi connectivity index (χ0v) is 60.9. The molecule has 0 aliphatic rings. The summed E-state index contributed by atoms with van der Waals surface area (Å²) >= 11 is 7.88. The highest BCUT2D eigenvalue weighted by Crippen LogP contribution is 2.26. The van der Waals surface area contributed by atoms with Crippen LogP contribution in [0.4, 0.5) is 4.39 Å². The molecule has 0 unspecified atom stereocenters. The molecular formula is C68H140ClFN6OS. The summed E-state index contributed by atoms with van der Waals surface area (Å²) in [6, 6.07) is 3.07. The summed E-state index contributed by atoms with van der Waals surface area (Å²) in [4.78, 5) is 12.3. The lowest BCUT2D eigenvalue weighted by Gasteiger charge is -2.32. The molecular weight excluding hydrogens is 1000 g/mol. The highest BCUT2D eigenvalue weighted by atomic mass is 35.5. The van der Waals surface area contributed by atoms with Gasteiger partial charge in [0.1, 0.15) is 5.67 Å². The summed E-state index contributed by atoms with van der Waals surface area (Å²) in [5.74, 6) is 3.23. The van der Waals surface area contributed by atoms with Gasteiger partial charge in [-0.1, -0.05) is 111 Å². The molecule has 0 radical (unpaired) electrons. The average Bonchev–Trinajstić information content (AvgIpc) is 3.33. The van der Waals surface area contributed by atoms with Gasteiger partial charge in [0.25, 0.3) is 0 Å². The van der Waals surface area contributed by atoms with E-state index in [2.05, 4.69) is 239 Å². The highest BCUT2D eigenvalue weighted by Gasteiger charge is 2.24. The lowest BCUT2D eigenvalue weighted by Crippen LogP contribution is -2.34. The molecule has 0 saturated heterocycles. The lowest BCUT2D eigenvalue weighted by molar-refractivity contribution is 0.122. The molecule has 0 bridgehead atoms. The molecule has 0 aliphatic carbocycles. The predicted octanol–water partition coefficient (Wildman–Crippen LogP) is 20.8. The van der Waals surface area contributed by atoms with E-state index < -0.39 is 5.67 Å². The highest BCUT2D eigenvalue weighted by molar-refractivity contribution is 8.02. The van der Waals surface area contributed by atoms with Crippen LogP contribution in [0.3, 0.4) is 0 Å². The van der Waals surface area contributed by atoms with Crippen LogP contribution in [-0.2, 0) is 4.74 Å². The monoisotopic (exact) mass is 1140 g/mol. The fourth-order valence-electron chi connectivity index (χ4n) is 5.34. The molecule has 0 atom stereocenters. The molecule has 0 aliphatic heterocycles. The quantitative estimate of drug-likeness (QED) is 0.0409. The lowest BCUT2D eigenvalue weighted by atomic mass is 9.96. The summed E-state index contributed by atoms with van der Waals surface area (Å²) in [6.07, 6.45) is 3.51. The Bertz CT molecular complexity index is 1580. The Morgan fingerprint density at radius 3 is 1.03 bits per heavy atom. The van der Waals surface area contributed by atoms with E-state index >= 15 is 0 Å². The van der Waals surface area contributed by atoms with Crippen LogP contribution in [0.25, 0.3) is 0 Å². The molecule has 468 valence electrons. The van der Waals surface area contributed by atoms with Crippen LogP contribution in [-0.4, -0.2) is 137 Å². The number of hydrogen-bond acceptors (Lipinski definition) is 8. The van der Waals surface area contributed by atoms with Crippen LogP contribution in [0.15, 0.2) is 95.3 Å². The van der Waals surface area contributed by atoms with Gasteiger partial charge in [-0.15, -0.1) is 23.4 Å². The largest absolute Gasteiger partial charge is 0.480 e. The van der Waals surface area contributed by atoms with Gasteiger partial charge in [-0.3, -0.25) is 0 Å². The van der Waals surface area contributed by atoms with Crippen molar-refractivity contribution in [1.82, 2.24) is 29.4 Å². The third-order valence-electron chi connectivity index (χ3n) is 14.0. The van der Waals surface area contributed by atoms with Crippen LogP contribution in [0, 0.1) is 11.8 Å². The smallest absolute Gasteiger partial charge is 0.181 e. The molecule has 0 aromatic carbocycles. The van der Waals surface area contributed by atoms with E-state index in [1.165, 1.54) is 55.7 Å². The molecule has 0 N–H and O–H groups in total. The van der Waals surface area contributed by atoms with E-state index in [1.54, 1.807) is 22.9 Å². The predicted molar refractivity (Wildman–Crippen MR) is 365 cm³/mol. The van der Waals surface area contributed by atoms with Gasteiger partial charge in [0, 0.05) is 88.6 Å². The summed E-state index contributed by atoms with van der Waals surface area (Å²) in [6.45, 7) is 88.0. The number of allylic oxidation sites excluding steroid dienone is 8. The molecule has 0 aromatic rings. The first kappa shape index (κ1) is 91.7. The Hall–Kier alpha value is -2.75. The first-order chi connectivity index (χ1) is 35.0. The summed E-state index contributed by atoms with van der Waals surface area (Å²) < 4.78 is 18.4. The third-order valence-corrected chi connectivity index (χ3v) is 15.2. The Morgan fingerprint density at radius 2 is 0.872 bits per heavy atom. The normalized spacial score (nSPS) is 11.5. The maximum atomic E-state index is 13.3. The maximum Gasteiger partial charge on any atom is 0.181 e. The van der Waals surface area contributed by atoms with Gasteiger partial charge in [-0.2, -0.15) is 0 Å². The Balaban J connectivity index is -0.000000120. The van der Waals surface area contributed by atoms with E-state index in [9.17, 15) is 4.39 Å². The number of hydrogen-bond donors (Lipinski definition) is 0. The second kappa shape index (κ2) is 50.0. The zero-order valence-electron chi connectivity index (χ0n) is 59.4. The van der Waals surface area contributed by atoms with Crippen molar-refractivity contribution in [2.75, 3.05) is 61.2 Å². The van der Waals surface area contributed by atoms with E-state index in [-0.39, 0.29) is 4.87 Å². The van der Waals surface area contributed by atoms with E-state index in [4.69, 9.17) is 16.3 Å². The van der Waals surface area contributed by atoms with Crippen molar-refractivity contribution in [1.29, 1.82) is 0 Å². The molecule has 0 heterocycles. The standard InChI is InChI=1S/C10H18.C9H18ClN.C9H18FN.C9H18.C8H17NO.C8H17NS.C8H17N.C7H17N/c1-7(2)9(5)10(6)8(3)4;2*1-7(2)11(6)8(3)9(4,5)10;1-6-8(4)9(5)7(2)3;2*1-6-10-8(4)9(5)7(2)3;1-6-8(4)9(5)7(2)3;1-5-6-8(4)7(2)3/h8H,1H2,2-6H3;2*7H,3H2,1-2,4-6H3;7H,6H2,1-5H3;2*7H,4,6H2,1-3,5H3;7H,4,6H2,1-3,5H3;7H,5-6H2,1-4H3/b10-9+;;;9-8+;;;;. The molecule has 0 amide bonds. The summed E-state index contributed by atoms with van der Waals surface area (Å²) in [5, 5.41) is 1.16. The average molecular weight is 1140 g/mol. The van der Waals surface area contributed by atoms with Crippen LogP contribution < -0.4 is 0 Å². The van der Waals surface area contributed by atoms with Crippen LogP contribution >= 0.6 is 23.4 Å². The number of halogens is 2. The van der Waals surface area contributed by atoms with Crippen molar-refractivity contribution in [3.05, 3.63) is 95.3 Å². The molecule has 0 fully saturated rings.